The van der Waals surface area contributed by atoms with E-state index in [1.54, 1.807) is 23.1 Å². The topological polar surface area (TPSA) is 74.8 Å². The number of hydrogen-bond donors (Lipinski definition) is 2. The lowest BCUT2D eigenvalue weighted by atomic mass is 10.1. The van der Waals surface area contributed by atoms with E-state index < -0.39 is 0 Å². The van der Waals surface area contributed by atoms with Crippen LogP contribution in [0.25, 0.3) is 10.2 Å². The number of benzene rings is 1. The Kier molecular flexibility index (Phi) is 6.27. The van der Waals surface area contributed by atoms with Crippen molar-refractivity contribution in [2.45, 2.75) is 44.4 Å². The number of thioether (sulfide) groups is 1. The van der Waals surface area contributed by atoms with Crippen molar-refractivity contribution in [1.29, 1.82) is 0 Å². The molecule has 0 fully saturated rings. The standard InChI is InChI=1S/C21H22ClN3O2S2/c1-12(13-5-2-3-7-15(13)22)23-18(26)9-10-28-11-17-24-20(27)19-14-6-4-8-16(14)29-21(19)25-17/h2-3,5,7,12H,4,6,8-11H2,1H3,(H,23,26)(H,24,25,27). The number of aryl methyl sites for hydroxylation is 2. The Hall–Kier alpha value is -1.83. The fourth-order valence-electron chi connectivity index (χ4n) is 3.67. The van der Waals surface area contributed by atoms with Crippen LogP contribution in [-0.2, 0) is 23.4 Å². The van der Waals surface area contributed by atoms with E-state index in [1.165, 1.54) is 10.4 Å². The van der Waals surface area contributed by atoms with Gasteiger partial charge in [-0.25, -0.2) is 4.98 Å². The van der Waals surface area contributed by atoms with Gasteiger partial charge in [0.1, 0.15) is 10.7 Å². The van der Waals surface area contributed by atoms with Crippen molar-refractivity contribution in [3.05, 3.63) is 61.5 Å². The van der Waals surface area contributed by atoms with E-state index in [-0.39, 0.29) is 17.5 Å². The van der Waals surface area contributed by atoms with Gasteiger partial charge in [0.2, 0.25) is 5.91 Å². The average molecular weight is 448 g/mol. The molecule has 5 nitrogen and oxygen atoms in total. The lowest BCUT2D eigenvalue weighted by Gasteiger charge is -2.15. The summed E-state index contributed by atoms with van der Waals surface area (Å²) in [4.78, 5) is 34.4. The van der Waals surface area contributed by atoms with Gasteiger partial charge in [0.05, 0.1) is 17.2 Å². The number of nitrogens with one attached hydrogen (secondary N) is 2. The summed E-state index contributed by atoms with van der Waals surface area (Å²) in [5.41, 5.74) is 2.08. The van der Waals surface area contributed by atoms with Crippen LogP contribution >= 0.6 is 34.7 Å². The molecule has 1 aliphatic carbocycles. The molecular weight excluding hydrogens is 426 g/mol. The first-order chi connectivity index (χ1) is 14.0. The van der Waals surface area contributed by atoms with Gasteiger partial charge < -0.3 is 10.3 Å². The molecule has 4 rings (SSSR count). The fourth-order valence-corrected chi connectivity index (χ4v) is 6.05. The smallest absolute Gasteiger partial charge is 0.259 e. The lowest BCUT2D eigenvalue weighted by Crippen LogP contribution is -2.27. The number of nitrogens with zero attached hydrogens (tertiary/aromatic N) is 1. The largest absolute Gasteiger partial charge is 0.350 e. The van der Waals surface area contributed by atoms with E-state index in [0.29, 0.717) is 28.8 Å². The Morgan fingerprint density at radius 2 is 2.21 bits per heavy atom. The van der Waals surface area contributed by atoms with Crippen molar-refractivity contribution in [2.75, 3.05) is 5.75 Å². The van der Waals surface area contributed by atoms with E-state index in [2.05, 4.69) is 15.3 Å². The Bertz CT molecular complexity index is 1110. The van der Waals surface area contributed by atoms with Crippen LogP contribution in [0.15, 0.2) is 29.1 Å². The first kappa shape index (κ1) is 20.4. The van der Waals surface area contributed by atoms with Gasteiger partial charge in [-0.15, -0.1) is 11.3 Å². The van der Waals surface area contributed by atoms with Gasteiger partial charge in [-0.1, -0.05) is 29.8 Å². The van der Waals surface area contributed by atoms with Crippen LogP contribution in [-0.4, -0.2) is 21.6 Å². The van der Waals surface area contributed by atoms with Gasteiger partial charge in [-0.2, -0.15) is 11.8 Å². The summed E-state index contributed by atoms with van der Waals surface area (Å²) in [7, 11) is 0. The van der Waals surface area contributed by atoms with Crippen LogP contribution in [0.2, 0.25) is 5.02 Å². The van der Waals surface area contributed by atoms with Gasteiger partial charge in [-0.3, -0.25) is 9.59 Å². The number of hydrogen-bond acceptors (Lipinski definition) is 5. The molecule has 1 atom stereocenters. The van der Waals surface area contributed by atoms with Crippen molar-refractivity contribution in [1.82, 2.24) is 15.3 Å². The van der Waals surface area contributed by atoms with E-state index >= 15 is 0 Å². The third-order valence-corrected chi connectivity index (χ3v) is 7.59. The fraction of sp³-hybridized carbons (Fsp3) is 0.381. The SMILES string of the molecule is CC(NC(=O)CCSCc1nc2sc3c(c2c(=O)[nH]1)CCC3)c1ccccc1Cl. The first-order valence-electron chi connectivity index (χ1n) is 9.68. The number of carbonyl (C=O) groups excluding carboxylic acids is 1. The highest BCUT2D eigenvalue weighted by atomic mass is 35.5. The second kappa shape index (κ2) is 8.90. The molecule has 1 aliphatic rings. The minimum absolute atomic E-state index is 0.0171. The third kappa shape index (κ3) is 4.52. The van der Waals surface area contributed by atoms with Crippen LogP contribution in [0.3, 0.4) is 0 Å². The highest BCUT2D eigenvalue weighted by molar-refractivity contribution is 7.98. The van der Waals surface area contributed by atoms with E-state index in [0.717, 1.165) is 35.0 Å². The first-order valence-corrected chi connectivity index (χ1v) is 12.0. The minimum Gasteiger partial charge on any atom is -0.350 e. The molecule has 2 heterocycles. The van der Waals surface area contributed by atoms with E-state index in [4.69, 9.17) is 11.6 Å². The maximum atomic E-state index is 12.5. The van der Waals surface area contributed by atoms with Crippen LogP contribution in [0.4, 0.5) is 0 Å². The van der Waals surface area contributed by atoms with Crippen molar-refractivity contribution in [3.8, 4) is 0 Å². The van der Waals surface area contributed by atoms with Crippen LogP contribution in [0, 0.1) is 0 Å². The number of H-pyrrole nitrogens is 1. The zero-order chi connectivity index (χ0) is 20.4. The van der Waals surface area contributed by atoms with E-state index in [9.17, 15) is 9.59 Å². The second-order valence-corrected chi connectivity index (χ2v) is 9.76. The Morgan fingerprint density at radius 3 is 3.03 bits per heavy atom. The van der Waals surface area contributed by atoms with Gasteiger partial charge in [0.15, 0.2) is 0 Å². The number of thiophene rings is 1. The van der Waals surface area contributed by atoms with E-state index in [1.807, 2.05) is 31.2 Å². The molecule has 2 aromatic heterocycles. The van der Waals surface area contributed by atoms with Crippen LogP contribution in [0.1, 0.15) is 47.6 Å². The molecule has 1 amide bonds. The van der Waals surface area contributed by atoms with Crippen molar-refractivity contribution in [3.63, 3.8) is 0 Å². The van der Waals surface area contributed by atoms with Gasteiger partial charge >= 0.3 is 0 Å². The zero-order valence-corrected chi connectivity index (χ0v) is 18.5. The van der Waals surface area contributed by atoms with Gasteiger partial charge in [0.25, 0.3) is 5.56 Å². The molecular formula is C21H22ClN3O2S2. The molecule has 152 valence electrons. The number of halogens is 1. The summed E-state index contributed by atoms with van der Waals surface area (Å²) in [6, 6.07) is 7.38. The number of aromatic amines is 1. The minimum atomic E-state index is -0.137. The van der Waals surface area contributed by atoms with Crippen molar-refractivity contribution >= 4 is 50.8 Å². The zero-order valence-electron chi connectivity index (χ0n) is 16.1. The molecule has 1 unspecified atom stereocenters. The average Bonchev–Trinajstić information content (AvgIpc) is 3.26. The number of fused-ring (bicyclic) bond motifs is 3. The summed E-state index contributed by atoms with van der Waals surface area (Å²) in [6.07, 6.45) is 3.57. The Morgan fingerprint density at radius 1 is 1.38 bits per heavy atom. The van der Waals surface area contributed by atoms with Gasteiger partial charge in [0, 0.05) is 22.1 Å². The van der Waals surface area contributed by atoms with Gasteiger partial charge in [-0.05, 0) is 43.4 Å². The number of rotatable bonds is 7. The molecule has 29 heavy (non-hydrogen) atoms. The van der Waals surface area contributed by atoms with Crippen LogP contribution < -0.4 is 10.9 Å². The highest BCUT2D eigenvalue weighted by Crippen LogP contribution is 2.34. The Balaban J connectivity index is 1.29. The molecule has 0 radical (unpaired) electrons. The van der Waals surface area contributed by atoms with Crippen LogP contribution in [0.5, 0.6) is 0 Å². The molecule has 0 spiro atoms. The predicted octanol–water partition coefficient (Wildman–Crippen LogP) is 4.63. The van der Waals surface area contributed by atoms with Crippen molar-refractivity contribution in [2.24, 2.45) is 0 Å². The molecule has 0 saturated carbocycles. The molecule has 3 aromatic rings. The quantitative estimate of drug-likeness (QED) is 0.518. The molecule has 0 saturated heterocycles. The third-order valence-electron chi connectivity index (χ3n) is 5.09. The maximum Gasteiger partial charge on any atom is 0.259 e. The Labute approximate surface area is 182 Å². The molecule has 0 aliphatic heterocycles. The highest BCUT2D eigenvalue weighted by Gasteiger charge is 2.21. The number of carbonyl (C=O) groups is 1. The number of amides is 1. The maximum absolute atomic E-state index is 12.5. The summed E-state index contributed by atoms with van der Waals surface area (Å²) in [5.74, 6) is 1.90. The lowest BCUT2D eigenvalue weighted by molar-refractivity contribution is -0.121. The molecule has 8 heteroatoms. The summed E-state index contributed by atoms with van der Waals surface area (Å²) in [6.45, 7) is 1.93. The van der Waals surface area contributed by atoms with Crippen molar-refractivity contribution < 1.29 is 4.79 Å². The monoisotopic (exact) mass is 447 g/mol. The second-order valence-electron chi connectivity index (χ2n) is 7.16. The number of aromatic nitrogens is 2. The summed E-state index contributed by atoms with van der Waals surface area (Å²) >= 11 is 9.43. The summed E-state index contributed by atoms with van der Waals surface area (Å²) in [5, 5.41) is 4.42. The molecule has 2 N–H and O–H groups in total. The predicted molar refractivity (Wildman–Crippen MR) is 121 cm³/mol. The molecule has 1 aromatic carbocycles. The molecule has 0 bridgehead atoms. The normalized spacial score (nSPS) is 14.1. The summed E-state index contributed by atoms with van der Waals surface area (Å²) < 4.78 is 0.